The molecule has 0 fully saturated rings. The molecule has 0 saturated heterocycles. The summed E-state index contributed by atoms with van der Waals surface area (Å²) in [5.74, 6) is 1.61. The quantitative estimate of drug-likeness (QED) is 0.353. The largest absolute Gasteiger partial charge is 0.345 e. The molecule has 0 saturated carbocycles. The second kappa shape index (κ2) is 9.30. The van der Waals surface area contributed by atoms with Gasteiger partial charge in [0.15, 0.2) is 0 Å². The zero-order chi connectivity index (χ0) is 16.7. The normalized spacial score (nSPS) is 18.5. The predicted octanol–water partition coefficient (Wildman–Crippen LogP) is 4.35. The number of nitrogens with one attached hydrogen (secondary N) is 2. The number of amidine groups is 1. The highest BCUT2D eigenvalue weighted by Crippen LogP contribution is 2.32. The van der Waals surface area contributed by atoms with Gasteiger partial charge in [0.2, 0.25) is 0 Å². The maximum Gasteiger partial charge on any atom is 0.133 e. The SMILES string of the molecule is C=C(CCNCC(C)C)C/C(C(=C)C)=C1\C(I)=CNC1=NC. The van der Waals surface area contributed by atoms with Crippen LogP contribution in [0.1, 0.15) is 33.6 Å². The molecular formula is C18H28IN3. The lowest BCUT2D eigenvalue weighted by molar-refractivity contribution is 0.552. The van der Waals surface area contributed by atoms with Gasteiger partial charge in [-0.1, -0.05) is 38.2 Å². The molecule has 1 heterocycles. The molecule has 4 heteroatoms. The van der Waals surface area contributed by atoms with Crippen LogP contribution in [0.4, 0.5) is 0 Å². The van der Waals surface area contributed by atoms with Crippen LogP contribution in [0.2, 0.25) is 0 Å². The van der Waals surface area contributed by atoms with Crippen molar-refractivity contribution in [3.05, 3.63) is 45.2 Å². The van der Waals surface area contributed by atoms with Crippen molar-refractivity contribution in [2.45, 2.75) is 33.6 Å². The Hall–Kier alpha value is -0.880. The summed E-state index contributed by atoms with van der Waals surface area (Å²) < 4.78 is 1.18. The van der Waals surface area contributed by atoms with Gasteiger partial charge in [-0.3, -0.25) is 4.99 Å². The fourth-order valence-corrected chi connectivity index (χ4v) is 3.04. The zero-order valence-corrected chi connectivity index (χ0v) is 16.4. The van der Waals surface area contributed by atoms with E-state index in [1.807, 2.05) is 13.2 Å². The van der Waals surface area contributed by atoms with Crippen LogP contribution in [0.3, 0.4) is 0 Å². The predicted molar refractivity (Wildman–Crippen MR) is 107 cm³/mol. The molecule has 1 rings (SSSR count). The van der Waals surface area contributed by atoms with Crippen LogP contribution >= 0.6 is 22.6 Å². The fraction of sp³-hybridized carbons (Fsp3) is 0.500. The van der Waals surface area contributed by atoms with E-state index in [1.165, 1.54) is 20.3 Å². The third kappa shape index (κ3) is 5.72. The summed E-state index contributed by atoms with van der Waals surface area (Å²) >= 11 is 2.35. The number of nitrogens with zero attached hydrogens (tertiary/aromatic N) is 1. The highest BCUT2D eigenvalue weighted by molar-refractivity contribution is 14.1. The zero-order valence-electron chi connectivity index (χ0n) is 14.2. The van der Waals surface area contributed by atoms with Crippen molar-refractivity contribution in [3.8, 4) is 0 Å². The van der Waals surface area contributed by atoms with E-state index in [4.69, 9.17) is 0 Å². The Balaban J connectivity index is 2.75. The van der Waals surface area contributed by atoms with Crippen molar-refractivity contribution in [1.29, 1.82) is 0 Å². The maximum absolute atomic E-state index is 4.33. The van der Waals surface area contributed by atoms with Gasteiger partial charge >= 0.3 is 0 Å². The monoisotopic (exact) mass is 413 g/mol. The lowest BCUT2D eigenvalue weighted by Gasteiger charge is -2.15. The van der Waals surface area contributed by atoms with Crippen LogP contribution in [-0.4, -0.2) is 26.0 Å². The van der Waals surface area contributed by atoms with Gasteiger partial charge in [0.1, 0.15) is 5.84 Å². The number of rotatable bonds is 8. The van der Waals surface area contributed by atoms with Crippen LogP contribution in [0.5, 0.6) is 0 Å². The van der Waals surface area contributed by atoms with E-state index in [-0.39, 0.29) is 0 Å². The van der Waals surface area contributed by atoms with Gasteiger partial charge in [-0.2, -0.15) is 0 Å². The summed E-state index contributed by atoms with van der Waals surface area (Å²) in [7, 11) is 1.81. The Morgan fingerprint density at radius 3 is 2.64 bits per heavy atom. The minimum Gasteiger partial charge on any atom is -0.345 e. The van der Waals surface area contributed by atoms with E-state index >= 15 is 0 Å². The summed E-state index contributed by atoms with van der Waals surface area (Å²) in [5, 5.41) is 6.69. The molecule has 3 nitrogen and oxygen atoms in total. The summed E-state index contributed by atoms with van der Waals surface area (Å²) in [5.41, 5.74) is 4.72. The van der Waals surface area contributed by atoms with E-state index in [0.29, 0.717) is 5.92 Å². The molecule has 0 aromatic rings. The number of aliphatic imine (C=N–C) groups is 1. The summed E-state index contributed by atoms with van der Waals surface area (Å²) in [6.45, 7) is 16.9. The molecule has 0 bridgehead atoms. The lowest BCUT2D eigenvalue weighted by Crippen LogP contribution is -2.21. The smallest absolute Gasteiger partial charge is 0.133 e. The molecule has 1 aliphatic rings. The van der Waals surface area contributed by atoms with Gasteiger partial charge in [0.05, 0.1) is 0 Å². The summed E-state index contributed by atoms with van der Waals surface area (Å²) in [6.07, 6.45) is 3.84. The van der Waals surface area contributed by atoms with E-state index < -0.39 is 0 Å². The van der Waals surface area contributed by atoms with Gasteiger partial charge < -0.3 is 10.6 Å². The van der Waals surface area contributed by atoms with Gasteiger partial charge in [-0.05, 0) is 66.9 Å². The van der Waals surface area contributed by atoms with E-state index in [2.05, 4.69) is 72.1 Å². The molecule has 0 radical (unpaired) electrons. The first-order valence-electron chi connectivity index (χ1n) is 7.72. The minimum atomic E-state index is 0.681. The van der Waals surface area contributed by atoms with Crippen molar-refractivity contribution in [2.24, 2.45) is 10.9 Å². The first kappa shape index (κ1) is 19.2. The molecule has 0 aromatic heterocycles. The Morgan fingerprint density at radius 2 is 2.09 bits per heavy atom. The molecule has 0 atom stereocenters. The Morgan fingerprint density at radius 1 is 1.41 bits per heavy atom. The van der Waals surface area contributed by atoms with Crippen LogP contribution in [0.15, 0.2) is 50.2 Å². The van der Waals surface area contributed by atoms with Crippen molar-refractivity contribution in [1.82, 2.24) is 10.6 Å². The summed E-state index contributed by atoms with van der Waals surface area (Å²) in [6, 6.07) is 0. The molecule has 2 N–H and O–H groups in total. The van der Waals surface area contributed by atoms with Crippen LogP contribution < -0.4 is 10.6 Å². The van der Waals surface area contributed by atoms with Crippen molar-refractivity contribution < 1.29 is 0 Å². The van der Waals surface area contributed by atoms with Crippen LogP contribution in [-0.2, 0) is 0 Å². The Kier molecular flexibility index (Phi) is 8.10. The number of hydrogen-bond donors (Lipinski definition) is 2. The van der Waals surface area contributed by atoms with Crippen molar-refractivity contribution in [2.75, 3.05) is 20.1 Å². The Bertz CT molecular complexity index is 524. The molecule has 1 aliphatic heterocycles. The van der Waals surface area contributed by atoms with E-state index in [0.717, 1.165) is 37.3 Å². The molecule has 122 valence electrons. The van der Waals surface area contributed by atoms with Gasteiger partial charge in [0.25, 0.3) is 0 Å². The molecule has 0 aromatic carbocycles. The molecule has 0 aliphatic carbocycles. The third-order valence-corrected chi connectivity index (χ3v) is 4.34. The van der Waals surface area contributed by atoms with Gasteiger partial charge in [-0.25, -0.2) is 0 Å². The van der Waals surface area contributed by atoms with Gasteiger partial charge in [0, 0.05) is 22.4 Å². The van der Waals surface area contributed by atoms with E-state index in [9.17, 15) is 0 Å². The van der Waals surface area contributed by atoms with Gasteiger partial charge in [-0.15, -0.1) is 0 Å². The molecule has 22 heavy (non-hydrogen) atoms. The second-order valence-electron chi connectivity index (χ2n) is 6.12. The molecule has 0 unspecified atom stereocenters. The highest BCUT2D eigenvalue weighted by atomic mass is 127. The topological polar surface area (TPSA) is 36.4 Å². The average molecular weight is 413 g/mol. The number of allylic oxidation sites excluding steroid dienone is 2. The van der Waals surface area contributed by atoms with Crippen molar-refractivity contribution in [3.63, 3.8) is 0 Å². The first-order valence-corrected chi connectivity index (χ1v) is 8.80. The Labute approximate surface area is 148 Å². The summed E-state index contributed by atoms with van der Waals surface area (Å²) in [4.78, 5) is 4.33. The maximum atomic E-state index is 4.33. The standard InChI is InChI=1S/C18H28IN3/c1-12(2)10-21-8-7-14(5)9-15(13(3)4)17-16(19)11-22-18(17)20-6/h11-12,21H,3,5,7-10H2,1-2,4,6H3,(H,20,22)/b17-15-. The lowest BCUT2D eigenvalue weighted by atomic mass is 9.94. The molecule has 0 amide bonds. The number of halogens is 1. The van der Waals surface area contributed by atoms with Crippen molar-refractivity contribution >= 4 is 28.4 Å². The molecule has 0 spiro atoms. The minimum absolute atomic E-state index is 0.681. The number of hydrogen-bond acceptors (Lipinski definition) is 2. The van der Waals surface area contributed by atoms with Crippen LogP contribution in [0, 0.1) is 5.92 Å². The third-order valence-electron chi connectivity index (χ3n) is 3.49. The first-order chi connectivity index (χ1) is 10.4. The highest BCUT2D eigenvalue weighted by Gasteiger charge is 2.21. The second-order valence-corrected chi connectivity index (χ2v) is 7.28. The van der Waals surface area contributed by atoms with E-state index in [1.54, 1.807) is 0 Å². The fourth-order valence-electron chi connectivity index (χ4n) is 2.30. The van der Waals surface area contributed by atoms with Crippen LogP contribution in [0.25, 0.3) is 0 Å². The molecular weight excluding hydrogens is 385 g/mol. The average Bonchev–Trinajstić information content (AvgIpc) is 2.81.